The maximum Gasteiger partial charge on any atom is 0.275 e. The van der Waals surface area contributed by atoms with Crippen molar-refractivity contribution in [3.05, 3.63) is 52.9 Å². The highest BCUT2D eigenvalue weighted by atomic mass is 16.2. The van der Waals surface area contributed by atoms with Crippen molar-refractivity contribution in [3.8, 4) is 0 Å². The van der Waals surface area contributed by atoms with E-state index < -0.39 is 0 Å². The van der Waals surface area contributed by atoms with Crippen LogP contribution in [0.4, 0.5) is 0 Å². The van der Waals surface area contributed by atoms with Crippen LogP contribution in [-0.2, 0) is 11.3 Å². The second-order valence-electron chi connectivity index (χ2n) is 7.60. The van der Waals surface area contributed by atoms with Crippen molar-refractivity contribution in [2.75, 3.05) is 26.2 Å². The lowest BCUT2D eigenvalue weighted by Gasteiger charge is -2.19. The highest BCUT2D eigenvalue weighted by Gasteiger charge is 2.13. The number of aromatic nitrogens is 2. The van der Waals surface area contributed by atoms with Gasteiger partial charge in [0.05, 0.1) is 11.0 Å². The fourth-order valence-corrected chi connectivity index (χ4v) is 4.16. The Bertz CT molecular complexity index is 1010. The van der Waals surface area contributed by atoms with Gasteiger partial charge in [-0.05, 0) is 63.2 Å². The number of nitrogens with one attached hydrogen (secondary N) is 1. The molecule has 6 nitrogen and oxygen atoms in total. The smallest absolute Gasteiger partial charge is 0.275 e. The number of para-hydroxylation sites is 2. The summed E-state index contributed by atoms with van der Waals surface area (Å²) in [6, 6.07) is 11.4. The topological polar surface area (TPSA) is 58.8 Å². The molecule has 2 aromatic heterocycles. The van der Waals surface area contributed by atoms with Gasteiger partial charge in [0.15, 0.2) is 0 Å². The van der Waals surface area contributed by atoms with Crippen molar-refractivity contribution >= 4 is 22.5 Å². The van der Waals surface area contributed by atoms with Crippen molar-refractivity contribution in [1.29, 1.82) is 0 Å². The minimum atomic E-state index is -0.136. The number of likely N-dealkylation sites (tertiary alicyclic amines) is 1. The third kappa shape index (κ3) is 3.97. The molecule has 0 unspecified atom stereocenters. The van der Waals surface area contributed by atoms with Crippen molar-refractivity contribution in [2.45, 2.75) is 38.6 Å². The van der Waals surface area contributed by atoms with Crippen LogP contribution >= 0.6 is 0 Å². The Morgan fingerprint density at radius 2 is 1.64 bits per heavy atom. The van der Waals surface area contributed by atoms with E-state index in [4.69, 9.17) is 0 Å². The van der Waals surface area contributed by atoms with Gasteiger partial charge in [-0.25, -0.2) is 0 Å². The second-order valence-corrected chi connectivity index (χ2v) is 7.60. The normalized spacial score (nSPS) is 15.7. The van der Waals surface area contributed by atoms with Gasteiger partial charge >= 0.3 is 0 Å². The fraction of sp³-hybridized carbons (Fsp3) is 0.455. The number of fused-ring (bicyclic) bond motifs is 3. The summed E-state index contributed by atoms with van der Waals surface area (Å²) in [5, 5.41) is 2.99. The van der Waals surface area contributed by atoms with Gasteiger partial charge in [0.2, 0.25) is 5.91 Å². The Morgan fingerprint density at radius 1 is 0.929 bits per heavy atom. The SMILES string of the molecule is O=C(Cn1c(=O)c2cccn2c2ccccc21)NCCCN1CCCCCC1. The van der Waals surface area contributed by atoms with Crippen LogP contribution < -0.4 is 10.9 Å². The molecular weight excluding hydrogens is 352 g/mol. The maximum atomic E-state index is 12.9. The predicted octanol–water partition coefficient (Wildman–Crippen LogP) is 2.64. The highest BCUT2D eigenvalue weighted by Crippen LogP contribution is 2.15. The second kappa shape index (κ2) is 8.61. The Balaban J connectivity index is 1.40. The van der Waals surface area contributed by atoms with E-state index in [1.807, 2.05) is 40.9 Å². The van der Waals surface area contributed by atoms with Gasteiger partial charge in [0.25, 0.3) is 5.56 Å². The molecule has 3 aromatic rings. The molecule has 0 saturated carbocycles. The van der Waals surface area contributed by atoms with Gasteiger partial charge in [0, 0.05) is 12.7 Å². The first-order chi connectivity index (χ1) is 13.7. The Hall–Kier alpha value is -2.60. The molecule has 148 valence electrons. The van der Waals surface area contributed by atoms with Gasteiger partial charge in [-0.1, -0.05) is 25.0 Å². The monoisotopic (exact) mass is 380 g/mol. The van der Waals surface area contributed by atoms with E-state index in [1.54, 1.807) is 10.6 Å². The van der Waals surface area contributed by atoms with E-state index in [0.717, 1.165) is 24.0 Å². The fourth-order valence-electron chi connectivity index (χ4n) is 4.16. The van der Waals surface area contributed by atoms with Crippen LogP contribution in [0.2, 0.25) is 0 Å². The zero-order chi connectivity index (χ0) is 19.3. The minimum absolute atomic E-state index is 0.0464. The summed E-state index contributed by atoms with van der Waals surface area (Å²) in [4.78, 5) is 27.9. The summed E-state index contributed by atoms with van der Waals surface area (Å²) in [6.45, 7) is 4.07. The van der Waals surface area contributed by atoms with E-state index in [9.17, 15) is 9.59 Å². The maximum absolute atomic E-state index is 12.9. The summed E-state index contributed by atoms with van der Waals surface area (Å²) in [6.07, 6.45) is 8.06. The van der Waals surface area contributed by atoms with Gasteiger partial charge in [0.1, 0.15) is 12.1 Å². The molecule has 0 radical (unpaired) electrons. The van der Waals surface area contributed by atoms with Crippen LogP contribution in [0.15, 0.2) is 47.4 Å². The quantitative estimate of drug-likeness (QED) is 0.669. The number of benzene rings is 1. The number of amides is 1. The van der Waals surface area contributed by atoms with Crippen LogP contribution in [0.5, 0.6) is 0 Å². The molecule has 0 atom stereocenters. The highest BCUT2D eigenvalue weighted by molar-refractivity contribution is 5.82. The van der Waals surface area contributed by atoms with Gasteiger partial charge in [-0.15, -0.1) is 0 Å². The summed E-state index contributed by atoms with van der Waals surface area (Å²) >= 11 is 0. The van der Waals surface area contributed by atoms with E-state index in [0.29, 0.717) is 12.1 Å². The first-order valence-corrected chi connectivity index (χ1v) is 10.3. The predicted molar refractivity (Wildman–Crippen MR) is 112 cm³/mol. The first kappa shape index (κ1) is 18.7. The first-order valence-electron chi connectivity index (χ1n) is 10.3. The molecule has 1 fully saturated rings. The molecular formula is C22H28N4O2. The standard InChI is InChI=1S/C22H28N4O2/c27-21(23-12-8-15-24-13-5-1-2-6-14-24)17-26-19-10-4-3-9-18(19)25-16-7-11-20(25)22(26)28/h3-4,7,9-11,16H,1-2,5-6,8,12-15,17H2,(H,23,27). The van der Waals surface area contributed by atoms with Crippen LogP contribution in [0.25, 0.3) is 16.6 Å². The molecule has 1 aromatic carbocycles. The Kier molecular flexibility index (Phi) is 5.76. The van der Waals surface area contributed by atoms with Crippen LogP contribution in [0, 0.1) is 0 Å². The molecule has 1 N–H and O–H groups in total. The van der Waals surface area contributed by atoms with E-state index in [1.165, 1.54) is 38.8 Å². The summed E-state index contributed by atoms with van der Waals surface area (Å²) in [5.74, 6) is -0.112. The Morgan fingerprint density at radius 3 is 2.43 bits per heavy atom. The summed E-state index contributed by atoms with van der Waals surface area (Å²) < 4.78 is 3.46. The number of carbonyl (C=O) groups excluding carboxylic acids is 1. The van der Waals surface area contributed by atoms with Gasteiger partial charge in [-0.3, -0.25) is 14.2 Å². The van der Waals surface area contributed by atoms with E-state index >= 15 is 0 Å². The molecule has 4 rings (SSSR count). The molecule has 1 aliphatic rings. The average molecular weight is 380 g/mol. The molecule has 0 bridgehead atoms. The lowest BCUT2D eigenvalue weighted by Crippen LogP contribution is -2.35. The van der Waals surface area contributed by atoms with E-state index in [2.05, 4.69) is 10.2 Å². The van der Waals surface area contributed by atoms with Crippen LogP contribution in [0.1, 0.15) is 32.1 Å². The van der Waals surface area contributed by atoms with Crippen LogP contribution in [0.3, 0.4) is 0 Å². The third-order valence-corrected chi connectivity index (χ3v) is 5.62. The molecule has 28 heavy (non-hydrogen) atoms. The van der Waals surface area contributed by atoms with Gasteiger partial charge < -0.3 is 14.6 Å². The molecule has 6 heteroatoms. The third-order valence-electron chi connectivity index (χ3n) is 5.62. The average Bonchev–Trinajstić information content (AvgIpc) is 3.06. The number of rotatable bonds is 6. The van der Waals surface area contributed by atoms with E-state index in [-0.39, 0.29) is 18.0 Å². The molecule has 3 heterocycles. The van der Waals surface area contributed by atoms with Crippen molar-refractivity contribution < 1.29 is 4.79 Å². The summed E-state index contributed by atoms with van der Waals surface area (Å²) in [5.41, 5.74) is 2.16. The lowest BCUT2D eigenvalue weighted by molar-refractivity contribution is -0.121. The molecule has 1 aliphatic heterocycles. The number of nitrogens with zero attached hydrogens (tertiary/aromatic N) is 3. The number of hydrogen-bond donors (Lipinski definition) is 1. The molecule has 1 amide bonds. The van der Waals surface area contributed by atoms with Crippen molar-refractivity contribution in [2.24, 2.45) is 0 Å². The Labute approximate surface area is 164 Å². The van der Waals surface area contributed by atoms with Gasteiger partial charge in [-0.2, -0.15) is 0 Å². The molecule has 0 aliphatic carbocycles. The minimum Gasteiger partial charge on any atom is -0.355 e. The van der Waals surface area contributed by atoms with Crippen molar-refractivity contribution in [1.82, 2.24) is 19.2 Å². The molecule has 1 saturated heterocycles. The number of carbonyl (C=O) groups is 1. The zero-order valence-corrected chi connectivity index (χ0v) is 16.3. The summed E-state index contributed by atoms with van der Waals surface area (Å²) in [7, 11) is 0. The van der Waals surface area contributed by atoms with Crippen LogP contribution in [-0.4, -0.2) is 46.0 Å². The lowest BCUT2D eigenvalue weighted by atomic mass is 10.2. The zero-order valence-electron chi connectivity index (χ0n) is 16.3. The number of hydrogen-bond acceptors (Lipinski definition) is 3. The van der Waals surface area contributed by atoms with Crippen molar-refractivity contribution in [3.63, 3.8) is 0 Å². The molecule has 0 spiro atoms. The largest absolute Gasteiger partial charge is 0.355 e.